The van der Waals surface area contributed by atoms with Crippen LogP contribution in [0.4, 0.5) is 5.69 Å². The first-order chi connectivity index (χ1) is 13.9. The number of rotatable bonds is 8. The Labute approximate surface area is 170 Å². The molecule has 0 amide bonds. The van der Waals surface area contributed by atoms with E-state index >= 15 is 0 Å². The lowest BCUT2D eigenvalue weighted by Crippen LogP contribution is -2.13. The lowest BCUT2D eigenvalue weighted by Gasteiger charge is -2.10. The highest BCUT2D eigenvalue weighted by atomic mass is 16.5. The normalized spacial score (nSPS) is 12.0. The van der Waals surface area contributed by atoms with Gasteiger partial charge in [-0.25, -0.2) is 9.59 Å². The van der Waals surface area contributed by atoms with Crippen LogP contribution in [0.25, 0.3) is 0 Å². The summed E-state index contributed by atoms with van der Waals surface area (Å²) in [4.78, 5) is 28.7. The first-order valence-corrected chi connectivity index (χ1v) is 9.38. The number of aliphatic hydroxyl groups excluding tert-OH is 1. The third-order valence-electron chi connectivity index (χ3n) is 4.01. The zero-order chi connectivity index (χ0) is 21.2. The fourth-order valence-corrected chi connectivity index (χ4v) is 2.44. The summed E-state index contributed by atoms with van der Waals surface area (Å²) in [7, 11) is 0. The minimum atomic E-state index is -0.643. The van der Waals surface area contributed by atoms with Crippen LogP contribution in [0, 0.1) is 5.92 Å². The maximum atomic E-state index is 12.2. The standard InChI is InChI=1S/C23H25NO5/c1-4-28-23(27)19(21(25)16(2)3)14-24-20-13-9-8-12-18(20)15-29-22(26)17-10-6-5-7-11-17/h5-14,16,25H,4,15H2,1-3H3. The molecule has 2 aromatic carbocycles. The van der Waals surface area contributed by atoms with Crippen molar-refractivity contribution in [1.82, 2.24) is 0 Å². The number of aliphatic imine (C=N–C) groups is 1. The zero-order valence-electron chi connectivity index (χ0n) is 16.8. The summed E-state index contributed by atoms with van der Waals surface area (Å²) in [6.45, 7) is 5.43. The van der Waals surface area contributed by atoms with Gasteiger partial charge in [-0.2, -0.15) is 0 Å². The Morgan fingerprint density at radius 1 is 1.03 bits per heavy atom. The Morgan fingerprint density at radius 3 is 2.34 bits per heavy atom. The number of allylic oxidation sites excluding steroid dienone is 1. The number of esters is 2. The van der Waals surface area contributed by atoms with E-state index in [4.69, 9.17) is 9.47 Å². The third-order valence-corrected chi connectivity index (χ3v) is 4.01. The Balaban J connectivity index is 2.21. The molecule has 0 aliphatic rings. The van der Waals surface area contributed by atoms with Crippen molar-refractivity contribution in [3.8, 4) is 0 Å². The minimum absolute atomic E-state index is 0.00191. The Morgan fingerprint density at radius 2 is 1.69 bits per heavy atom. The number of benzene rings is 2. The molecule has 0 spiro atoms. The van der Waals surface area contributed by atoms with Gasteiger partial charge in [-0.3, -0.25) is 4.99 Å². The molecule has 152 valence electrons. The molecular weight excluding hydrogens is 370 g/mol. The van der Waals surface area contributed by atoms with Crippen LogP contribution in [0.1, 0.15) is 36.7 Å². The summed E-state index contributed by atoms with van der Waals surface area (Å²) in [5.74, 6) is -1.44. The summed E-state index contributed by atoms with van der Waals surface area (Å²) in [6, 6.07) is 15.8. The van der Waals surface area contributed by atoms with Gasteiger partial charge in [0, 0.05) is 17.7 Å². The lowest BCUT2D eigenvalue weighted by molar-refractivity contribution is -0.138. The second-order valence-corrected chi connectivity index (χ2v) is 6.50. The molecule has 0 atom stereocenters. The van der Waals surface area contributed by atoms with Gasteiger partial charge in [0.05, 0.1) is 17.9 Å². The molecule has 2 rings (SSSR count). The number of carbonyl (C=O) groups excluding carboxylic acids is 2. The van der Waals surface area contributed by atoms with Gasteiger partial charge < -0.3 is 14.6 Å². The molecule has 0 saturated carbocycles. The molecule has 0 saturated heterocycles. The van der Waals surface area contributed by atoms with Gasteiger partial charge in [-0.1, -0.05) is 50.2 Å². The molecule has 29 heavy (non-hydrogen) atoms. The van der Waals surface area contributed by atoms with Crippen molar-refractivity contribution in [2.45, 2.75) is 27.4 Å². The highest BCUT2D eigenvalue weighted by Gasteiger charge is 2.17. The SMILES string of the molecule is CCOC(=O)C(C=Nc1ccccc1COC(=O)c1ccccc1)=C(O)C(C)C. The van der Waals surface area contributed by atoms with Crippen LogP contribution < -0.4 is 0 Å². The molecule has 0 radical (unpaired) electrons. The first-order valence-electron chi connectivity index (χ1n) is 9.38. The van der Waals surface area contributed by atoms with Gasteiger partial charge in [0.2, 0.25) is 0 Å². The molecule has 0 aliphatic carbocycles. The number of ether oxygens (including phenoxy) is 2. The van der Waals surface area contributed by atoms with E-state index in [-0.39, 0.29) is 30.5 Å². The van der Waals surface area contributed by atoms with E-state index in [0.717, 1.165) is 0 Å². The average molecular weight is 395 g/mol. The van der Waals surface area contributed by atoms with E-state index in [0.29, 0.717) is 16.8 Å². The monoisotopic (exact) mass is 395 g/mol. The van der Waals surface area contributed by atoms with E-state index in [1.807, 2.05) is 6.07 Å². The van der Waals surface area contributed by atoms with Crippen molar-refractivity contribution >= 4 is 23.8 Å². The van der Waals surface area contributed by atoms with E-state index in [1.54, 1.807) is 69.3 Å². The highest BCUT2D eigenvalue weighted by molar-refractivity contribution is 6.10. The van der Waals surface area contributed by atoms with Crippen molar-refractivity contribution in [3.63, 3.8) is 0 Å². The van der Waals surface area contributed by atoms with Crippen LogP contribution >= 0.6 is 0 Å². The Hall–Kier alpha value is -3.41. The van der Waals surface area contributed by atoms with Gasteiger partial charge >= 0.3 is 11.9 Å². The number of para-hydroxylation sites is 1. The largest absolute Gasteiger partial charge is 0.511 e. The minimum Gasteiger partial charge on any atom is -0.511 e. The predicted molar refractivity (Wildman–Crippen MR) is 111 cm³/mol. The van der Waals surface area contributed by atoms with Crippen molar-refractivity contribution in [2.24, 2.45) is 10.9 Å². The second kappa shape index (κ2) is 10.8. The van der Waals surface area contributed by atoms with E-state index in [2.05, 4.69) is 4.99 Å². The first kappa shape index (κ1) is 21.9. The van der Waals surface area contributed by atoms with Crippen LogP contribution in [0.3, 0.4) is 0 Å². The van der Waals surface area contributed by atoms with Crippen molar-refractivity contribution in [1.29, 1.82) is 0 Å². The quantitative estimate of drug-likeness (QED) is 0.301. The van der Waals surface area contributed by atoms with Crippen LogP contribution in [0.15, 0.2) is 70.9 Å². The summed E-state index contributed by atoms with van der Waals surface area (Å²) in [5.41, 5.74) is 1.65. The molecule has 6 heteroatoms. The van der Waals surface area contributed by atoms with E-state index in [9.17, 15) is 14.7 Å². The number of carbonyl (C=O) groups is 2. The molecule has 2 aromatic rings. The maximum absolute atomic E-state index is 12.2. The number of nitrogens with zero attached hydrogens (tertiary/aromatic N) is 1. The number of hydrogen-bond donors (Lipinski definition) is 1. The highest BCUT2D eigenvalue weighted by Crippen LogP contribution is 2.21. The number of hydrogen-bond acceptors (Lipinski definition) is 6. The van der Waals surface area contributed by atoms with Gasteiger partial charge in [-0.05, 0) is 25.1 Å². The molecule has 0 heterocycles. The van der Waals surface area contributed by atoms with Crippen LogP contribution in [0.2, 0.25) is 0 Å². The van der Waals surface area contributed by atoms with Crippen molar-refractivity contribution in [3.05, 3.63) is 77.1 Å². The molecule has 0 bridgehead atoms. The van der Waals surface area contributed by atoms with E-state index < -0.39 is 11.9 Å². The van der Waals surface area contributed by atoms with Crippen molar-refractivity contribution in [2.75, 3.05) is 6.61 Å². The topological polar surface area (TPSA) is 85.2 Å². The summed E-state index contributed by atoms with van der Waals surface area (Å²) in [6.07, 6.45) is 1.28. The van der Waals surface area contributed by atoms with Crippen LogP contribution in [-0.4, -0.2) is 29.9 Å². The third kappa shape index (κ3) is 6.31. The average Bonchev–Trinajstić information content (AvgIpc) is 2.73. The van der Waals surface area contributed by atoms with Crippen LogP contribution in [-0.2, 0) is 20.9 Å². The second-order valence-electron chi connectivity index (χ2n) is 6.50. The summed E-state index contributed by atoms with van der Waals surface area (Å²) < 4.78 is 10.4. The van der Waals surface area contributed by atoms with Crippen LogP contribution in [0.5, 0.6) is 0 Å². The van der Waals surface area contributed by atoms with Crippen molar-refractivity contribution < 1.29 is 24.2 Å². The fourth-order valence-electron chi connectivity index (χ4n) is 2.44. The fraction of sp³-hybridized carbons (Fsp3) is 0.261. The number of aliphatic hydroxyl groups is 1. The summed E-state index contributed by atoms with van der Waals surface area (Å²) in [5, 5.41) is 10.3. The Kier molecular flexibility index (Phi) is 8.15. The zero-order valence-corrected chi connectivity index (χ0v) is 16.8. The molecule has 0 aromatic heterocycles. The van der Waals surface area contributed by atoms with Gasteiger partial charge in [0.1, 0.15) is 17.9 Å². The summed E-state index contributed by atoms with van der Waals surface area (Å²) >= 11 is 0. The molecular formula is C23H25NO5. The smallest absolute Gasteiger partial charge is 0.343 e. The molecule has 0 unspecified atom stereocenters. The molecule has 0 fully saturated rings. The van der Waals surface area contributed by atoms with Gasteiger partial charge in [0.15, 0.2) is 0 Å². The molecule has 1 N–H and O–H groups in total. The van der Waals surface area contributed by atoms with Gasteiger partial charge in [0.25, 0.3) is 0 Å². The van der Waals surface area contributed by atoms with E-state index in [1.165, 1.54) is 6.21 Å². The predicted octanol–water partition coefficient (Wildman–Crippen LogP) is 4.78. The molecule has 6 nitrogen and oxygen atoms in total. The maximum Gasteiger partial charge on any atom is 0.343 e. The lowest BCUT2D eigenvalue weighted by atomic mass is 10.1. The molecule has 0 aliphatic heterocycles. The Bertz CT molecular complexity index is 900. The van der Waals surface area contributed by atoms with Gasteiger partial charge in [-0.15, -0.1) is 0 Å².